The van der Waals surface area contributed by atoms with E-state index in [2.05, 4.69) is 0 Å². The number of anilines is 1. The summed E-state index contributed by atoms with van der Waals surface area (Å²) in [6, 6.07) is 4.34. The lowest BCUT2D eigenvalue weighted by Gasteiger charge is -1.96. The SMILES string of the molecule is [2H]c1cccc(N)c1C(=O)O. The summed E-state index contributed by atoms with van der Waals surface area (Å²) in [6.45, 7) is 0. The Bertz CT molecular complexity index is 278. The zero-order valence-electron chi connectivity index (χ0n) is 6.16. The number of aromatic carboxylic acids is 1. The highest BCUT2D eigenvalue weighted by Gasteiger charge is 2.03. The van der Waals surface area contributed by atoms with E-state index in [-0.39, 0.29) is 17.3 Å². The average Bonchev–Trinajstić information content (AvgIpc) is 1.85. The first-order chi connectivity index (χ1) is 5.13. The molecule has 3 nitrogen and oxygen atoms in total. The van der Waals surface area contributed by atoms with Crippen LogP contribution in [0.2, 0.25) is 0 Å². The standard InChI is InChI=1S/C7H7NO2/c8-6-4-2-1-3-5(6)7(9)10/h1-4H,8H2,(H,9,10)/i3D. The molecule has 0 radical (unpaired) electrons. The molecule has 0 saturated heterocycles. The zero-order chi connectivity index (χ0) is 8.43. The Morgan fingerprint density at radius 1 is 1.70 bits per heavy atom. The van der Waals surface area contributed by atoms with E-state index in [0.717, 1.165) is 0 Å². The summed E-state index contributed by atoms with van der Waals surface area (Å²) < 4.78 is 7.18. The Morgan fingerprint density at radius 3 is 2.80 bits per heavy atom. The summed E-state index contributed by atoms with van der Waals surface area (Å²) in [5.41, 5.74) is 5.32. The van der Waals surface area contributed by atoms with Crippen LogP contribution in [-0.4, -0.2) is 11.1 Å². The van der Waals surface area contributed by atoms with E-state index < -0.39 is 5.97 Å². The van der Waals surface area contributed by atoms with E-state index in [4.69, 9.17) is 12.2 Å². The van der Waals surface area contributed by atoms with Gasteiger partial charge in [0.2, 0.25) is 0 Å². The molecule has 10 heavy (non-hydrogen) atoms. The van der Waals surface area contributed by atoms with Crippen LogP contribution in [0, 0.1) is 0 Å². The van der Waals surface area contributed by atoms with Crippen molar-refractivity contribution in [2.45, 2.75) is 0 Å². The van der Waals surface area contributed by atoms with Crippen LogP contribution in [0.1, 0.15) is 11.7 Å². The minimum Gasteiger partial charge on any atom is -0.478 e. The highest BCUT2D eigenvalue weighted by Crippen LogP contribution is 2.08. The van der Waals surface area contributed by atoms with Crippen LogP contribution in [0.15, 0.2) is 24.2 Å². The molecule has 0 spiro atoms. The predicted molar refractivity (Wildman–Crippen MR) is 37.8 cm³/mol. The number of nitrogens with two attached hydrogens (primary N) is 1. The first-order valence-corrected chi connectivity index (χ1v) is 2.71. The quantitative estimate of drug-likeness (QED) is 0.568. The molecule has 0 heterocycles. The highest BCUT2D eigenvalue weighted by molar-refractivity contribution is 5.93. The third-order valence-corrected chi connectivity index (χ3v) is 1.10. The second-order valence-electron chi connectivity index (χ2n) is 1.81. The van der Waals surface area contributed by atoms with Crippen molar-refractivity contribution in [1.29, 1.82) is 0 Å². The Labute approximate surface area is 59.5 Å². The molecule has 0 aliphatic carbocycles. The minimum atomic E-state index is -1.16. The predicted octanol–water partition coefficient (Wildman–Crippen LogP) is 0.967. The molecule has 3 heteroatoms. The monoisotopic (exact) mass is 138 g/mol. The zero-order valence-corrected chi connectivity index (χ0v) is 5.16. The molecule has 52 valence electrons. The molecule has 1 aromatic rings. The van der Waals surface area contributed by atoms with E-state index in [1.165, 1.54) is 12.1 Å². The largest absolute Gasteiger partial charge is 0.478 e. The van der Waals surface area contributed by atoms with E-state index in [1.54, 1.807) is 6.07 Å². The Kier molecular flexibility index (Phi) is 1.26. The van der Waals surface area contributed by atoms with Crippen molar-refractivity contribution < 1.29 is 11.3 Å². The van der Waals surface area contributed by atoms with Gasteiger partial charge in [-0.25, -0.2) is 4.79 Å². The maximum atomic E-state index is 10.4. The van der Waals surface area contributed by atoms with Gasteiger partial charge in [-0.1, -0.05) is 12.1 Å². The number of carboxylic acid groups (broad SMARTS) is 1. The number of benzene rings is 1. The molecular weight excluding hydrogens is 130 g/mol. The van der Waals surface area contributed by atoms with Gasteiger partial charge in [0.05, 0.1) is 6.93 Å². The molecule has 0 amide bonds. The first kappa shape index (κ1) is 5.29. The number of carbonyl (C=O) groups is 1. The van der Waals surface area contributed by atoms with Crippen LogP contribution < -0.4 is 5.73 Å². The molecule has 3 N–H and O–H groups in total. The molecular formula is C7H7NO2. The summed E-state index contributed by atoms with van der Waals surface area (Å²) in [5.74, 6) is -1.16. The second kappa shape index (κ2) is 2.39. The van der Waals surface area contributed by atoms with Crippen molar-refractivity contribution in [3.05, 3.63) is 29.8 Å². The fourth-order valence-corrected chi connectivity index (χ4v) is 0.635. The Balaban J connectivity index is 3.32. The van der Waals surface area contributed by atoms with Crippen LogP contribution in [-0.2, 0) is 0 Å². The fraction of sp³-hybridized carbons (Fsp3) is 0. The number of carboxylic acids is 1. The van der Waals surface area contributed by atoms with Gasteiger partial charge in [0.1, 0.15) is 0 Å². The lowest BCUT2D eigenvalue weighted by molar-refractivity contribution is 0.0698. The molecule has 0 aliphatic heterocycles. The molecule has 0 fully saturated rings. The summed E-state index contributed by atoms with van der Waals surface area (Å²) in [7, 11) is 0. The first-order valence-electron chi connectivity index (χ1n) is 3.21. The number of hydrogen-bond donors (Lipinski definition) is 2. The summed E-state index contributed by atoms with van der Waals surface area (Å²) in [4.78, 5) is 10.4. The number of hydrogen-bond acceptors (Lipinski definition) is 2. The molecule has 0 unspecified atom stereocenters. The van der Waals surface area contributed by atoms with E-state index >= 15 is 0 Å². The summed E-state index contributed by atoms with van der Waals surface area (Å²) in [6.07, 6.45) is 0. The van der Waals surface area contributed by atoms with Crippen LogP contribution in [0.4, 0.5) is 5.69 Å². The van der Waals surface area contributed by atoms with Crippen LogP contribution in [0.25, 0.3) is 0 Å². The van der Waals surface area contributed by atoms with Crippen molar-refractivity contribution in [3.8, 4) is 0 Å². The van der Waals surface area contributed by atoms with Crippen molar-refractivity contribution in [2.75, 3.05) is 5.73 Å². The molecule has 1 aromatic carbocycles. The lowest BCUT2D eigenvalue weighted by atomic mass is 10.2. The van der Waals surface area contributed by atoms with Crippen molar-refractivity contribution in [2.24, 2.45) is 0 Å². The second-order valence-corrected chi connectivity index (χ2v) is 1.81. The van der Waals surface area contributed by atoms with Gasteiger partial charge in [-0.3, -0.25) is 0 Å². The number of para-hydroxylation sites is 1. The van der Waals surface area contributed by atoms with Crippen molar-refractivity contribution in [1.82, 2.24) is 0 Å². The average molecular weight is 138 g/mol. The normalized spacial score (nSPS) is 10.6. The van der Waals surface area contributed by atoms with Crippen LogP contribution in [0.5, 0.6) is 0 Å². The lowest BCUT2D eigenvalue weighted by Crippen LogP contribution is -2.00. The van der Waals surface area contributed by atoms with Crippen molar-refractivity contribution >= 4 is 11.7 Å². The summed E-state index contributed by atoms with van der Waals surface area (Å²) >= 11 is 0. The van der Waals surface area contributed by atoms with Gasteiger partial charge in [-0.2, -0.15) is 0 Å². The number of rotatable bonds is 1. The smallest absolute Gasteiger partial charge is 0.337 e. The van der Waals surface area contributed by atoms with Crippen LogP contribution >= 0.6 is 0 Å². The van der Waals surface area contributed by atoms with Gasteiger partial charge in [0.15, 0.2) is 0 Å². The molecule has 1 rings (SSSR count). The molecule has 0 aromatic heterocycles. The van der Waals surface area contributed by atoms with Crippen LogP contribution in [0.3, 0.4) is 0 Å². The Hall–Kier alpha value is -1.51. The van der Waals surface area contributed by atoms with Gasteiger partial charge >= 0.3 is 5.97 Å². The maximum absolute atomic E-state index is 10.4. The molecule has 0 atom stereocenters. The van der Waals surface area contributed by atoms with E-state index in [9.17, 15) is 4.79 Å². The highest BCUT2D eigenvalue weighted by atomic mass is 16.4. The topological polar surface area (TPSA) is 63.3 Å². The van der Waals surface area contributed by atoms with Gasteiger partial charge in [-0.15, -0.1) is 0 Å². The third-order valence-electron chi connectivity index (χ3n) is 1.10. The fourth-order valence-electron chi connectivity index (χ4n) is 0.635. The van der Waals surface area contributed by atoms with Gasteiger partial charge < -0.3 is 10.8 Å². The molecule has 0 saturated carbocycles. The van der Waals surface area contributed by atoms with Gasteiger partial charge in [0.25, 0.3) is 0 Å². The van der Waals surface area contributed by atoms with Crippen molar-refractivity contribution in [3.63, 3.8) is 0 Å². The number of nitrogen functional groups attached to an aromatic ring is 1. The molecule has 0 aliphatic rings. The van der Waals surface area contributed by atoms with Gasteiger partial charge in [-0.05, 0) is 12.1 Å². The molecule has 0 bridgehead atoms. The van der Waals surface area contributed by atoms with E-state index in [0.29, 0.717) is 0 Å². The van der Waals surface area contributed by atoms with Gasteiger partial charge in [0, 0.05) is 5.69 Å². The van der Waals surface area contributed by atoms with E-state index in [1.807, 2.05) is 0 Å². The summed E-state index contributed by atoms with van der Waals surface area (Å²) in [5, 5.41) is 8.55. The Morgan fingerprint density at radius 2 is 2.40 bits per heavy atom. The maximum Gasteiger partial charge on any atom is 0.337 e. The minimum absolute atomic E-state index is 0.0579. The third kappa shape index (κ3) is 1.07.